The molecule has 1 rings (SSSR count). The van der Waals surface area contributed by atoms with Gasteiger partial charge in [-0.05, 0) is 43.7 Å². The fourth-order valence-corrected chi connectivity index (χ4v) is 2.19. The maximum Gasteiger partial charge on any atom is 0.0672 e. The zero-order chi connectivity index (χ0) is 13.8. The van der Waals surface area contributed by atoms with E-state index >= 15 is 0 Å². The molecule has 1 atom stereocenters. The Morgan fingerprint density at radius 3 is 2.61 bits per heavy atom. The highest BCUT2D eigenvalue weighted by molar-refractivity contribution is 6.33. The average Bonchev–Trinajstić information content (AvgIpc) is 2.22. The van der Waals surface area contributed by atoms with E-state index < -0.39 is 5.60 Å². The number of aliphatic hydroxyl groups is 1. The van der Waals surface area contributed by atoms with E-state index in [1.165, 1.54) is 0 Å². The van der Waals surface area contributed by atoms with Crippen molar-refractivity contribution < 1.29 is 5.11 Å². The molecule has 0 amide bonds. The summed E-state index contributed by atoms with van der Waals surface area (Å²) < 4.78 is 0. The van der Waals surface area contributed by atoms with Crippen molar-refractivity contribution in [3.05, 3.63) is 33.8 Å². The second-order valence-corrected chi connectivity index (χ2v) is 6.11. The van der Waals surface area contributed by atoms with E-state index in [1.54, 1.807) is 12.1 Å². The molecule has 4 heteroatoms. The molecule has 0 aromatic heterocycles. The van der Waals surface area contributed by atoms with Gasteiger partial charge in [-0.2, -0.15) is 0 Å². The van der Waals surface area contributed by atoms with Crippen molar-refractivity contribution in [2.24, 2.45) is 0 Å². The Kier molecular flexibility index (Phi) is 5.93. The third kappa shape index (κ3) is 5.57. The molecule has 0 aliphatic carbocycles. The molecule has 102 valence electrons. The van der Waals surface area contributed by atoms with Crippen molar-refractivity contribution in [2.45, 2.75) is 45.3 Å². The van der Waals surface area contributed by atoms with Crippen LogP contribution in [-0.2, 0) is 6.42 Å². The average molecular weight is 290 g/mol. The number of halogens is 2. The first-order valence-corrected chi connectivity index (χ1v) is 6.95. The molecule has 0 fully saturated rings. The Labute approximate surface area is 119 Å². The Hall–Kier alpha value is -0.280. The summed E-state index contributed by atoms with van der Waals surface area (Å²) in [5, 5.41) is 14.9. The predicted octanol–water partition coefficient (Wildman–Crippen LogP) is 3.68. The standard InChI is InChI=1S/C14H21Cl2NO/c1-10(2)17-7-6-14(3,18)9-11-8-12(15)4-5-13(11)16/h4-5,8,10,17-18H,6-7,9H2,1-3H3. The van der Waals surface area contributed by atoms with Crippen LogP contribution in [0, 0.1) is 0 Å². The molecule has 1 unspecified atom stereocenters. The van der Waals surface area contributed by atoms with E-state index in [9.17, 15) is 5.11 Å². The van der Waals surface area contributed by atoms with Crippen LogP contribution < -0.4 is 5.32 Å². The van der Waals surface area contributed by atoms with E-state index in [2.05, 4.69) is 19.2 Å². The molecule has 1 aromatic carbocycles. The maximum absolute atomic E-state index is 10.4. The lowest BCUT2D eigenvalue weighted by atomic mass is 9.93. The third-order valence-corrected chi connectivity index (χ3v) is 3.40. The first-order chi connectivity index (χ1) is 8.30. The van der Waals surface area contributed by atoms with Crippen LogP contribution in [0.1, 0.15) is 32.8 Å². The molecule has 0 aliphatic rings. The molecule has 0 saturated heterocycles. The van der Waals surface area contributed by atoms with E-state index in [0.717, 1.165) is 12.1 Å². The fourth-order valence-electron chi connectivity index (χ4n) is 1.81. The van der Waals surface area contributed by atoms with Gasteiger partial charge >= 0.3 is 0 Å². The minimum atomic E-state index is -0.782. The molecule has 0 radical (unpaired) electrons. The largest absolute Gasteiger partial charge is 0.390 e. The van der Waals surface area contributed by atoms with Crippen LogP contribution in [0.25, 0.3) is 0 Å². The molecule has 0 aliphatic heterocycles. The van der Waals surface area contributed by atoms with Crippen LogP contribution >= 0.6 is 23.2 Å². The third-order valence-electron chi connectivity index (χ3n) is 2.80. The molecular formula is C14H21Cl2NO. The Morgan fingerprint density at radius 2 is 2.00 bits per heavy atom. The van der Waals surface area contributed by atoms with Gasteiger partial charge in [0.25, 0.3) is 0 Å². The van der Waals surface area contributed by atoms with Crippen molar-refractivity contribution in [2.75, 3.05) is 6.54 Å². The molecule has 0 spiro atoms. The summed E-state index contributed by atoms with van der Waals surface area (Å²) in [4.78, 5) is 0. The summed E-state index contributed by atoms with van der Waals surface area (Å²) in [6.45, 7) is 6.78. The Balaban J connectivity index is 2.61. The summed E-state index contributed by atoms with van der Waals surface area (Å²) in [6, 6.07) is 5.76. The van der Waals surface area contributed by atoms with Gasteiger partial charge in [-0.3, -0.25) is 0 Å². The summed E-state index contributed by atoms with van der Waals surface area (Å²) in [6.07, 6.45) is 1.18. The lowest BCUT2D eigenvalue weighted by Gasteiger charge is -2.24. The Morgan fingerprint density at radius 1 is 1.33 bits per heavy atom. The summed E-state index contributed by atoms with van der Waals surface area (Å²) >= 11 is 12.0. The van der Waals surface area contributed by atoms with Crippen molar-refractivity contribution in [1.29, 1.82) is 0 Å². The van der Waals surface area contributed by atoms with Crippen molar-refractivity contribution in [3.8, 4) is 0 Å². The van der Waals surface area contributed by atoms with Crippen molar-refractivity contribution in [3.63, 3.8) is 0 Å². The van der Waals surface area contributed by atoms with E-state index in [0.29, 0.717) is 28.9 Å². The van der Waals surface area contributed by atoms with Gasteiger partial charge in [-0.25, -0.2) is 0 Å². The lowest BCUT2D eigenvalue weighted by Crippen LogP contribution is -2.34. The van der Waals surface area contributed by atoms with Gasteiger partial charge in [0.1, 0.15) is 0 Å². The van der Waals surface area contributed by atoms with E-state index in [-0.39, 0.29) is 0 Å². The second-order valence-electron chi connectivity index (χ2n) is 5.27. The van der Waals surface area contributed by atoms with Gasteiger partial charge < -0.3 is 10.4 Å². The molecule has 2 nitrogen and oxygen atoms in total. The Bertz CT molecular complexity index is 391. The van der Waals surface area contributed by atoms with Crippen molar-refractivity contribution in [1.82, 2.24) is 5.32 Å². The zero-order valence-corrected chi connectivity index (χ0v) is 12.6. The van der Waals surface area contributed by atoms with Crippen LogP contribution in [0.4, 0.5) is 0 Å². The van der Waals surface area contributed by atoms with Crippen LogP contribution in [-0.4, -0.2) is 23.3 Å². The lowest BCUT2D eigenvalue weighted by molar-refractivity contribution is 0.0511. The van der Waals surface area contributed by atoms with E-state index in [1.807, 2.05) is 13.0 Å². The van der Waals surface area contributed by atoms with Gasteiger partial charge in [0.15, 0.2) is 0 Å². The van der Waals surface area contributed by atoms with Crippen LogP contribution in [0.15, 0.2) is 18.2 Å². The predicted molar refractivity (Wildman–Crippen MR) is 78.5 cm³/mol. The molecule has 0 bridgehead atoms. The summed E-state index contributed by atoms with van der Waals surface area (Å²) in [5.74, 6) is 0. The number of hydrogen-bond donors (Lipinski definition) is 2. The second kappa shape index (κ2) is 6.76. The monoisotopic (exact) mass is 289 g/mol. The molecule has 0 heterocycles. The SMILES string of the molecule is CC(C)NCCC(C)(O)Cc1cc(Cl)ccc1Cl. The van der Waals surface area contributed by atoms with E-state index in [4.69, 9.17) is 23.2 Å². The maximum atomic E-state index is 10.4. The van der Waals surface area contributed by atoms with Crippen LogP contribution in [0.5, 0.6) is 0 Å². The number of benzene rings is 1. The van der Waals surface area contributed by atoms with Gasteiger partial charge in [0.2, 0.25) is 0 Å². The first-order valence-electron chi connectivity index (χ1n) is 6.20. The van der Waals surface area contributed by atoms with Gasteiger partial charge in [0.05, 0.1) is 5.60 Å². The van der Waals surface area contributed by atoms with Gasteiger partial charge in [-0.15, -0.1) is 0 Å². The quantitative estimate of drug-likeness (QED) is 0.837. The number of hydrogen-bond acceptors (Lipinski definition) is 2. The summed E-state index contributed by atoms with van der Waals surface area (Å²) in [7, 11) is 0. The zero-order valence-electron chi connectivity index (χ0n) is 11.1. The molecule has 0 saturated carbocycles. The topological polar surface area (TPSA) is 32.3 Å². The smallest absolute Gasteiger partial charge is 0.0672 e. The molecular weight excluding hydrogens is 269 g/mol. The first kappa shape index (κ1) is 15.8. The number of nitrogens with one attached hydrogen (secondary N) is 1. The minimum absolute atomic E-state index is 0.426. The molecule has 2 N–H and O–H groups in total. The molecule has 1 aromatic rings. The minimum Gasteiger partial charge on any atom is -0.390 e. The number of rotatable bonds is 6. The van der Waals surface area contributed by atoms with Gasteiger partial charge in [0, 0.05) is 22.5 Å². The highest BCUT2D eigenvalue weighted by atomic mass is 35.5. The fraction of sp³-hybridized carbons (Fsp3) is 0.571. The highest BCUT2D eigenvalue weighted by Gasteiger charge is 2.22. The van der Waals surface area contributed by atoms with Crippen LogP contribution in [0.3, 0.4) is 0 Å². The highest BCUT2D eigenvalue weighted by Crippen LogP contribution is 2.25. The normalized spacial score (nSPS) is 14.8. The van der Waals surface area contributed by atoms with Gasteiger partial charge in [-0.1, -0.05) is 37.0 Å². The summed E-state index contributed by atoms with van der Waals surface area (Å²) in [5.41, 5.74) is 0.106. The molecule has 18 heavy (non-hydrogen) atoms. The van der Waals surface area contributed by atoms with Crippen molar-refractivity contribution >= 4 is 23.2 Å². The van der Waals surface area contributed by atoms with Crippen LogP contribution in [0.2, 0.25) is 10.0 Å².